The Morgan fingerprint density at radius 1 is 1.09 bits per heavy atom. The number of rotatable bonds is 9. The van der Waals surface area contributed by atoms with Crippen molar-refractivity contribution < 1.29 is 36.7 Å². The molecule has 2 aromatic carbocycles. The van der Waals surface area contributed by atoms with Crippen molar-refractivity contribution in [3.63, 3.8) is 0 Å². The highest BCUT2D eigenvalue weighted by molar-refractivity contribution is 5.94. The van der Waals surface area contributed by atoms with E-state index in [1.165, 1.54) is 31.4 Å². The highest BCUT2D eigenvalue weighted by atomic mass is 19.4. The van der Waals surface area contributed by atoms with Crippen molar-refractivity contribution in [1.29, 1.82) is 0 Å². The van der Waals surface area contributed by atoms with Crippen molar-refractivity contribution in [1.82, 2.24) is 10.5 Å². The van der Waals surface area contributed by atoms with Crippen molar-refractivity contribution in [3.8, 4) is 17.2 Å². The standard InChI is InChI=1S/C23H23F3N2O5/c1-14-19(15(2)33-28-14)13-31-20-9-6-17(12-21(20)30-3)22(29)27-11-10-16-4-7-18(8-5-16)32-23(24,25)26/h4-9,12H,10-11,13H2,1-3H3,(H,27,29). The number of alkyl halides is 3. The number of aromatic nitrogens is 1. The summed E-state index contributed by atoms with van der Waals surface area (Å²) in [7, 11) is 1.48. The van der Waals surface area contributed by atoms with Crippen molar-refractivity contribution in [2.45, 2.75) is 33.2 Å². The Kier molecular flexibility index (Phi) is 7.47. The van der Waals surface area contributed by atoms with Gasteiger partial charge in [0.1, 0.15) is 18.1 Å². The monoisotopic (exact) mass is 464 g/mol. The molecule has 1 aromatic heterocycles. The Morgan fingerprint density at radius 2 is 1.82 bits per heavy atom. The Labute approximate surface area is 188 Å². The second kappa shape index (κ2) is 10.3. The summed E-state index contributed by atoms with van der Waals surface area (Å²) >= 11 is 0. The van der Waals surface area contributed by atoms with E-state index in [1.807, 2.05) is 6.92 Å². The predicted octanol–water partition coefficient (Wildman–Crippen LogP) is 4.75. The molecule has 0 aliphatic carbocycles. The average molecular weight is 464 g/mol. The molecule has 176 valence electrons. The summed E-state index contributed by atoms with van der Waals surface area (Å²) in [5, 5.41) is 6.66. The second-order valence-electron chi connectivity index (χ2n) is 7.15. The summed E-state index contributed by atoms with van der Waals surface area (Å²) in [6.07, 6.45) is -4.29. The lowest BCUT2D eigenvalue weighted by Crippen LogP contribution is -2.25. The first-order chi connectivity index (χ1) is 15.7. The lowest BCUT2D eigenvalue weighted by molar-refractivity contribution is -0.274. The topological polar surface area (TPSA) is 82.8 Å². The fraction of sp³-hybridized carbons (Fsp3) is 0.304. The van der Waals surface area contributed by atoms with E-state index in [9.17, 15) is 18.0 Å². The summed E-state index contributed by atoms with van der Waals surface area (Å²) < 4.78 is 56.8. The third-order valence-electron chi connectivity index (χ3n) is 4.84. The third kappa shape index (κ3) is 6.64. The van der Waals surface area contributed by atoms with Crippen LogP contribution in [0.5, 0.6) is 17.2 Å². The summed E-state index contributed by atoms with van der Waals surface area (Å²) in [5.41, 5.74) is 2.72. The molecule has 0 unspecified atom stereocenters. The van der Waals surface area contributed by atoms with Gasteiger partial charge in [-0.05, 0) is 56.2 Å². The third-order valence-corrected chi connectivity index (χ3v) is 4.84. The van der Waals surface area contributed by atoms with Crippen LogP contribution in [0.2, 0.25) is 0 Å². The van der Waals surface area contributed by atoms with E-state index in [0.717, 1.165) is 16.8 Å². The number of aryl methyl sites for hydroxylation is 2. The smallest absolute Gasteiger partial charge is 0.493 e. The summed E-state index contributed by atoms with van der Waals surface area (Å²) in [6, 6.07) is 10.3. The average Bonchev–Trinajstić information content (AvgIpc) is 3.09. The molecular weight excluding hydrogens is 441 g/mol. The van der Waals surface area contributed by atoms with Crippen molar-refractivity contribution in [2.75, 3.05) is 13.7 Å². The molecule has 0 spiro atoms. The molecule has 3 rings (SSSR count). The number of ether oxygens (including phenoxy) is 3. The molecule has 0 saturated carbocycles. The van der Waals surface area contributed by atoms with Gasteiger partial charge in [-0.25, -0.2) is 0 Å². The molecule has 0 atom stereocenters. The maximum atomic E-state index is 12.5. The van der Waals surface area contributed by atoms with Gasteiger partial charge in [0.25, 0.3) is 5.91 Å². The van der Waals surface area contributed by atoms with E-state index in [2.05, 4.69) is 15.2 Å². The number of methoxy groups -OCH3 is 1. The Balaban J connectivity index is 1.54. The number of nitrogens with zero attached hydrogens (tertiary/aromatic N) is 1. The van der Waals surface area contributed by atoms with Gasteiger partial charge in [0.05, 0.1) is 18.4 Å². The number of hydrogen-bond acceptors (Lipinski definition) is 6. The zero-order chi connectivity index (χ0) is 24.0. The number of halogens is 3. The zero-order valence-corrected chi connectivity index (χ0v) is 18.3. The minimum absolute atomic E-state index is 0.246. The number of benzene rings is 2. The number of nitrogens with one attached hydrogen (secondary N) is 1. The van der Waals surface area contributed by atoms with Crippen LogP contribution < -0.4 is 19.5 Å². The van der Waals surface area contributed by atoms with Gasteiger partial charge in [0.15, 0.2) is 11.5 Å². The Bertz CT molecular complexity index is 1070. The van der Waals surface area contributed by atoms with Gasteiger partial charge >= 0.3 is 6.36 Å². The van der Waals surface area contributed by atoms with E-state index in [-0.39, 0.29) is 18.3 Å². The molecule has 0 fully saturated rings. The molecule has 0 aliphatic heterocycles. The highest BCUT2D eigenvalue weighted by Gasteiger charge is 2.30. The minimum Gasteiger partial charge on any atom is -0.493 e. The Morgan fingerprint density at radius 3 is 2.42 bits per heavy atom. The van der Waals surface area contributed by atoms with Crippen LogP contribution in [0.15, 0.2) is 47.0 Å². The van der Waals surface area contributed by atoms with Crippen LogP contribution in [0.3, 0.4) is 0 Å². The van der Waals surface area contributed by atoms with Crippen LogP contribution in [-0.2, 0) is 13.0 Å². The van der Waals surface area contributed by atoms with Gasteiger partial charge in [0.2, 0.25) is 0 Å². The molecule has 0 radical (unpaired) electrons. The molecule has 0 bridgehead atoms. The fourth-order valence-corrected chi connectivity index (χ4v) is 3.07. The maximum absolute atomic E-state index is 12.5. The number of carbonyl (C=O) groups excluding carboxylic acids is 1. The zero-order valence-electron chi connectivity index (χ0n) is 18.3. The van der Waals surface area contributed by atoms with Crippen LogP contribution in [0.4, 0.5) is 13.2 Å². The van der Waals surface area contributed by atoms with E-state index in [1.54, 1.807) is 25.1 Å². The van der Waals surface area contributed by atoms with E-state index in [0.29, 0.717) is 35.8 Å². The van der Waals surface area contributed by atoms with Crippen molar-refractivity contribution >= 4 is 5.91 Å². The highest BCUT2D eigenvalue weighted by Crippen LogP contribution is 2.29. The molecule has 0 aliphatic rings. The molecule has 3 aromatic rings. The lowest BCUT2D eigenvalue weighted by atomic mass is 10.1. The van der Waals surface area contributed by atoms with E-state index < -0.39 is 6.36 Å². The molecule has 10 heteroatoms. The quantitative estimate of drug-likeness (QED) is 0.492. The fourth-order valence-electron chi connectivity index (χ4n) is 3.07. The van der Waals surface area contributed by atoms with Gasteiger partial charge in [-0.1, -0.05) is 17.3 Å². The number of amides is 1. The molecule has 33 heavy (non-hydrogen) atoms. The molecule has 0 saturated heterocycles. The van der Waals surface area contributed by atoms with Crippen LogP contribution in [0, 0.1) is 13.8 Å². The lowest BCUT2D eigenvalue weighted by Gasteiger charge is -2.12. The van der Waals surface area contributed by atoms with Crippen molar-refractivity contribution in [2.24, 2.45) is 0 Å². The van der Waals surface area contributed by atoms with Gasteiger partial charge < -0.3 is 24.1 Å². The Hall–Kier alpha value is -3.69. The summed E-state index contributed by atoms with van der Waals surface area (Å²) in [6.45, 7) is 4.17. The van der Waals surface area contributed by atoms with Gasteiger partial charge in [0, 0.05) is 12.1 Å². The maximum Gasteiger partial charge on any atom is 0.573 e. The van der Waals surface area contributed by atoms with E-state index >= 15 is 0 Å². The number of hydrogen-bond donors (Lipinski definition) is 1. The van der Waals surface area contributed by atoms with Gasteiger partial charge in [-0.2, -0.15) is 0 Å². The predicted molar refractivity (Wildman–Crippen MR) is 112 cm³/mol. The summed E-state index contributed by atoms with van der Waals surface area (Å²) in [4.78, 5) is 12.5. The van der Waals surface area contributed by atoms with Crippen LogP contribution in [0.1, 0.15) is 32.9 Å². The number of carbonyl (C=O) groups is 1. The van der Waals surface area contributed by atoms with Crippen LogP contribution in [-0.4, -0.2) is 31.1 Å². The molecule has 1 N–H and O–H groups in total. The first kappa shape index (κ1) is 24.0. The van der Waals surface area contributed by atoms with Gasteiger partial charge in [-0.3, -0.25) is 4.79 Å². The van der Waals surface area contributed by atoms with Crippen molar-refractivity contribution in [3.05, 3.63) is 70.6 Å². The van der Waals surface area contributed by atoms with Gasteiger partial charge in [-0.15, -0.1) is 13.2 Å². The summed E-state index contributed by atoms with van der Waals surface area (Å²) in [5.74, 6) is 0.927. The molecular formula is C23H23F3N2O5. The molecule has 1 heterocycles. The van der Waals surface area contributed by atoms with Crippen LogP contribution >= 0.6 is 0 Å². The normalized spacial score (nSPS) is 11.2. The molecule has 1 amide bonds. The first-order valence-corrected chi connectivity index (χ1v) is 10.0. The second-order valence-corrected chi connectivity index (χ2v) is 7.15. The molecule has 7 nitrogen and oxygen atoms in total. The van der Waals surface area contributed by atoms with E-state index in [4.69, 9.17) is 14.0 Å². The van der Waals surface area contributed by atoms with Crippen LogP contribution in [0.25, 0.3) is 0 Å². The first-order valence-electron chi connectivity index (χ1n) is 10.0. The SMILES string of the molecule is COc1cc(C(=O)NCCc2ccc(OC(F)(F)F)cc2)ccc1OCc1c(C)noc1C. The largest absolute Gasteiger partial charge is 0.573 e. The minimum atomic E-state index is -4.73.